The number of nitrogens with zero attached hydrogens (tertiary/aromatic N) is 3. The Bertz CT molecular complexity index is 1050. The molecule has 162 valence electrons. The van der Waals surface area contributed by atoms with Crippen LogP contribution >= 0.6 is 11.8 Å². The van der Waals surface area contributed by atoms with E-state index in [1.807, 2.05) is 45.2 Å². The molecule has 0 aliphatic heterocycles. The van der Waals surface area contributed by atoms with Gasteiger partial charge in [-0.25, -0.2) is 0 Å². The third-order valence-corrected chi connectivity index (χ3v) is 5.64. The molecular formula is C22H25N5O3S. The van der Waals surface area contributed by atoms with Crippen molar-refractivity contribution in [1.29, 1.82) is 0 Å². The molecule has 0 aliphatic carbocycles. The lowest BCUT2D eigenvalue weighted by atomic mass is 10.2. The number of thioether (sulfide) groups is 1. The molecule has 0 bridgehead atoms. The molecule has 0 saturated carbocycles. The van der Waals surface area contributed by atoms with Gasteiger partial charge in [0, 0.05) is 18.3 Å². The fraction of sp³-hybridized carbons (Fsp3) is 0.273. The van der Waals surface area contributed by atoms with Crippen LogP contribution in [0.4, 0.5) is 5.69 Å². The molecule has 0 spiro atoms. The number of amides is 2. The Kier molecular flexibility index (Phi) is 7.30. The zero-order valence-electron chi connectivity index (χ0n) is 17.9. The van der Waals surface area contributed by atoms with Crippen molar-refractivity contribution in [1.82, 2.24) is 20.1 Å². The van der Waals surface area contributed by atoms with Gasteiger partial charge in [-0.05, 0) is 50.2 Å². The number of methoxy groups -OCH3 is 1. The molecule has 0 saturated heterocycles. The number of nitrogens with one attached hydrogen (secondary N) is 2. The zero-order valence-corrected chi connectivity index (χ0v) is 18.7. The number of ether oxygens (including phenoxy) is 1. The second kappa shape index (κ2) is 10.1. The molecule has 0 radical (unpaired) electrons. The van der Waals surface area contributed by atoms with Crippen LogP contribution in [0.5, 0.6) is 5.75 Å². The summed E-state index contributed by atoms with van der Waals surface area (Å²) in [6.07, 6.45) is 0. The number of aromatic nitrogens is 3. The third-order valence-electron chi connectivity index (χ3n) is 4.62. The minimum Gasteiger partial charge on any atom is -0.497 e. The van der Waals surface area contributed by atoms with E-state index >= 15 is 0 Å². The summed E-state index contributed by atoms with van der Waals surface area (Å²) in [7, 11) is 3.39. The van der Waals surface area contributed by atoms with Crippen LogP contribution in [-0.4, -0.2) is 39.4 Å². The Morgan fingerprint density at radius 3 is 2.42 bits per heavy atom. The Morgan fingerprint density at radius 2 is 1.77 bits per heavy atom. The summed E-state index contributed by atoms with van der Waals surface area (Å²) in [5.74, 6) is 1.14. The summed E-state index contributed by atoms with van der Waals surface area (Å²) in [5.41, 5.74) is 2.41. The average molecular weight is 440 g/mol. The Morgan fingerprint density at radius 1 is 1.10 bits per heavy atom. The first kappa shape index (κ1) is 22.4. The molecule has 0 aliphatic rings. The highest BCUT2D eigenvalue weighted by Gasteiger charge is 2.19. The van der Waals surface area contributed by atoms with Gasteiger partial charge in [-0.2, -0.15) is 0 Å². The number of benzene rings is 2. The number of anilines is 1. The van der Waals surface area contributed by atoms with Crippen molar-refractivity contribution in [2.24, 2.45) is 7.05 Å². The zero-order chi connectivity index (χ0) is 22.4. The van der Waals surface area contributed by atoms with Crippen molar-refractivity contribution >= 4 is 29.3 Å². The third kappa shape index (κ3) is 5.85. The van der Waals surface area contributed by atoms with Gasteiger partial charge in [0.25, 0.3) is 5.91 Å². The van der Waals surface area contributed by atoms with Gasteiger partial charge in [0.1, 0.15) is 5.75 Å². The predicted molar refractivity (Wildman–Crippen MR) is 120 cm³/mol. The number of hydrogen-bond donors (Lipinski definition) is 2. The number of aryl methyl sites for hydroxylation is 1. The lowest BCUT2D eigenvalue weighted by Gasteiger charge is -2.14. The lowest BCUT2D eigenvalue weighted by molar-refractivity contribution is -0.113. The van der Waals surface area contributed by atoms with Crippen LogP contribution in [0.15, 0.2) is 53.7 Å². The molecular weight excluding hydrogens is 414 g/mol. The predicted octanol–water partition coefficient (Wildman–Crippen LogP) is 3.35. The van der Waals surface area contributed by atoms with Crippen molar-refractivity contribution in [3.05, 3.63) is 65.5 Å². The topological polar surface area (TPSA) is 98.1 Å². The fourth-order valence-corrected chi connectivity index (χ4v) is 3.60. The van der Waals surface area contributed by atoms with Crippen LogP contribution in [0.2, 0.25) is 0 Å². The van der Waals surface area contributed by atoms with Crippen molar-refractivity contribution in [3.63, 3.8) is 0 Å². The number of carbonyl (C=O) groups is 2. The normalized spacial score (nSPS) is 11.6. The van der Waals surface area contributed by atoms with Gasteiger partial charge < -0.3 is 19.9 Å². The molecule has 0 fully saturated rings. The van der Waals surface area contributed by atoms with Crippen LogP contribution in [0.3, 0.4) is 0 Å². The molecule has 9 heteroatoms. The SMILES string of the molecule is COc1ccc(C(=O)N[C@H](C)c2nnc(SCC(=O)Nc3ccc(C)cc3)n2C)cc1. The molecule has 2 amide bonds. The van der Waals surface area contributed by atoms with E-state index in [4.69, 9.17) is 4.74 Å². The molecule has 1 aromatic heterocycles. The van der Waals surface area contributed by atoms with Gasteiger partial charge in [0.05, 0.1) is 18.9 Å². The minimum atomic E-state index is -0.358. The highest BCUT2D eigenvalue weighted by molar-refractivity contribution is 7.99. The average Bonchev–Trinajstić information content (AvgIpc) is 3.14. The maximum atomic E-state index is 12.5. The fourth-order valence-electron chi connectivity index (χ4n) is 2.88. The Balaban J connectivity index is 1.56. The quantitative estimate of drug-likeness (QED) is 0.523. The van der Waals surface area contributed by atoms with Crippen LogP contribution in [-0.2, 0) is 11.8 Å². The molecule has 1 heterocycles. The molecule has 2 aromatic carbocycles. The van der Waals surface area contributed by atoms with Crippen molar-refractivity contribution in [2.45, 2.75) is 25.0 Å². The van der Waals surface area contributed by atoms with E-state index in [9.17, 15) is 9.59 Å². The number of carbonyl (C=O) groups excluding carboxylic acids is 2. The molecule has 1 atom stereocenters. The Labute approximate surface area is 185 Å². The second-order valence-electron chi connectivity index (χ2n) is 7.03. The highest BCUT2D eigenvalue weighted by atomic mass is 32.2. The number of hydrogen-bond acceptors (Lipinski definition) is 6. The van der Waals surface area contributed by atoms with E-state index < -0.39 is 0 Å². The van der Waals surface area contributed by atoms with Gasteiger partial charge in [0.15, 0.2) is 11.0 Å². The van der Waals surface area contributed by atoms with E-state index in [1.54, 1.807) is 35.9 Å². The molecule has 0 unspecified atom stereocenters. The second-order valence-corrected chi connectivity index (χ2v) is 7.97. The van der Waals surface area contributed by atoms with Gasteiger partial charge in [-0.1, -0.05) is 29.5 Å². The summed E-state index contributed by atoms with van der Waals surface area (Å²) in [6, 6.07) is 14.1. The molecule has 3 aromatic rings. The van der Waals surface area contributed by atoms with Crippen molar-refractivity contribution < 1.29 is 14.3 Å². The van der Waals surface area contributed by atoms with E-state index in [1.165, 1.54) is 11.8 Å². The molecule has 8 nitrogen and oxygen atoms in total. The lowest BCUT2D eigenvalue weighted by Crippen LogP contribution is -2.28. The molecule has 31 heavy (non-hydrogen) atoms. The maximum Gasteiger partial charge on any atom is 0.251 e. The summed E-state index contributed by atoms with van der Waals surface area (Å²) in [6.45, 7) is 3.83. The van der Waals surface area contributed by atoms with Crippen LogP contribution in [0.25, 0.3) is 0 Å². The van der Waals surface area contributed by atoms with Gasteiger partial charge in [0.2, 0.25) is 5.91 Å². The largest absolute Gasteiger partial charge is 0.497 e. The molecule has 3 rings (SSSR count). The summed E-state index contributed by atoms with van der Waals surface area (Å²) in [5, 5.41) is 14.7. The Hall–Kier alpha value is -3.33. The smallest absolute Gasteiger partial charge is 0.251 e. The monoisotopic (exact) mass is 439 g/mol. The van der Waals surface area contributed by atoms with E-state index in [0.717, 1.165) is 11.3 Å². The van der Waals surface area contributed by atoms with Gasteiger partial charge in [-0.15, -0.1) is 10.2 Å². The van der Waals surface area contributed by atoms with Crippen LogP contribution in [0.1, 0.15) is 34.7 Å². The van der Waals surface area contributed by atoms with Crippen LogP contribution in [0, 0.1) is 6.92 Å². The summed E-state index contributed by atoms with van der Waals surface area (Å²) < 4.78 is 6.89. The number of rotatable bonds is 8. The van der Waals surface area contributed by atoms with Gasteiger partial charge >= 0.3 is 0 Å². The first-order chi connectivity index (χ1) is 14.9. The van der Waals surface area contributed by atoms with E-state index in [-0.39, 0.29) is 23.6 Å². The van der Waals surface area contributed by atoms with Gasteiger partial charge in [-0.3, -0.25) is 9.59 Å². The first-order valence-corrected chi connectivity index (χ1v) is 10.7. The minimum absolute atomic E-state index is 0.126. The molecule has 2 N–H and O–H groups in total. The maximum absolute atomic E-state index is 12.5. The summed E-state index contributed by atoms with van der Waals surface area (Å²) >= 11 is 1.29. The van der Waals surface area contributed by atoms with Crippen molar-refractivity contribution in [3.8, 4) is 5.75 Å². The summed E-state index contributed by atoms with van der Waals surface area (Å²) in [4.78, 5) is 24.7. The van der Waals surface area contributed by atoms with Crippen LogP contribution < -0.4 is 15.4 Å². The highest BCUT2D eigenvalue weighted by Crippen LogP contribution is 2.20. The van der Waals surface area contributed by atoms with E-state index in [0.29, 0.717) is 22.3 Å². The van der Waals surface area contributed by atoms with E-state index in [2.05, 4.69) is 20.8 Å². The van der Waals surface area contributed by atoms with Crippen molar-refractivity contribution in [2.75, 3.05) is 18.2 Å². The standard InChI is InChI=1S/C22H25N5O3S/c1-14-5-9-17(10-6-14)24-19(28)13-31-22-26-25-20(27(22)3)15(2)23-21(29)16-7-11-18(30-4)12-8-16/h5-12,15H,13H2,1-4H3,(H,23,29)(H,24,28)/t15-/m1/s1. The first-order valence-electron chi connectivity index (χ1n) is 9.71.